The van der Waals surface area contributed by atoms with Crippen LogP contribution in [0.25, 0.3) is 27.8 Å². The molecular weight excluding hydrogens is 484 g/mol. The van der Waals surface area contributed by atoms with Crippen LogP contribution >= 0.6 is 11.3 Å². The van der Waals surface area contributed by atoms with Crippen molar-refractivity contribution in [3.63, 3.8) is 0 Å². The first kappa shape index (κ1) is 23.0. The number of halogens is 2. The van der Waals surface area contributed by atoms with E-state index in [1.807, 2.05) is 6.07 Å². The van der Waals surface area contributed by atoms with E-state index in [-0.39, 0.29) is 11.5 Å². The van der Waals surface area contributed by atoms with E-state index >= 15 is 0 Å². The van der Waals surface area contributed by atoms with Crippen molar-refractivity contribution < 1.29 is 13.5 Å². The molecule has 1 fully saturated rings. The van der Waals surface area contributed by atoms with Gasteiger partial charge in [0.2, 0.25) is 0 Å². The molecular formula is C25H25F2N7OS. The van der Waals surface area contributed by atoms with Gasteiger partial charge >= 0.3 is 0 Å². The Labute approximate surface area is 211 Å². The van der Waals surface area contributed by atoms with Crippen molar-refractivity contribution in [2.24, 2.45) is 5.92 Å². The van der Waals surface area contributed by atoms with E-state index in [4.69, 9.17) is 9.72 Å². The number of ether oxygens (including phenoxy) is 1. The van der Waals surface area contributed by atoms with E-state index in [0.29, 0.717) is 29.7 Å². The van der Waals surface area contributed by atoms with Gasteiger partial charge in [-0.05, 0) is 51.0 Å². The first-order valence-corrected chi connectivity index (χ1v) is 12.8. The molecule has 0 atom stereocenters. The first-order valence-electron chi connectivity index (χ1n) is 12.0. The van der Waals surface area contributed by atoms with Gasteiger partial charge in [0, 0.05) is 30.1 Å². The Balaban J connectivity index is 1.28. The molecule has 8 nitrogen and oxygen atoms in total. The molecule has 1 saturated heterocycles. The Morgan fingerprint density at radius 3 is 2.78 bits per heavy atom. The lowest BCUT2D eigenvalue weighted by Gasteiger charge is -2.29. The minimum absolute atomic E-state index is 0.277. The van der Waals surface area contributed by atoms with Gasteiger partial charge in [0.05, 0.1) is 17.9 Å². The number of nitrogens with zero attached hydrogens (tertiary/aromatic N) is 6. The molecule has 36 heavy (non-hydrogen) atoms. The van der Waals surface area contributed by atoms with Crippen LogP contribution in [-0.4, -0.2) is 62.9 Å². The number of rotatable bonds is 5. The molecule has 11 heteroatoms. The summed E-state index contributed by atoms with van der Waals surface area (Å²) in [6.07, 6.45) is 6.06. The predicted octanol–water partition coefficient (Wildman–Crippen LogP) is 4.42. The molecule has 0 spiro atoms. The lowest BCUT2D eigenvalue weighted by atomic mass is 9.97. The monoisotopic (exact) mass is 509 g/mol. The normalized spacial score (nSPS) is 16.2. The number of thiazole rings is 1. The Bertz CT molecular complexity index is 1380. The zero-order chi connectivity index (χ0) is 24.6. The lowest BCUT2D eigenvalue weighted by molar-refractivity contribution is 0.226. The summed E-state index contributed by atoms with van der Waals surface area (Å²) in [5.41, 5.74) is 1.26. The second-order valence-electron chi connectivity index (χ2n) is 9.15. The van der Waals surface area contributed by atoms with Crippen LogP contribution in [0.5, 0.6) is 5.75 Å². The van der Waals surface area contributed by atoms with Gasteiger partial charge in [0.15, 0.2) is 22.5 Å². The smallest absolute Gasteiger partial charge is 0.192 e. The number of anilines is 1. The number of pyridine rings is 1. The highest BCUT2D eigenvalue weighted by atomic mass is 32.1. The van der Waals surface area contributed by atoms with Crippen molar-refractivity contribution in [2.45, 2.75) is 19.3 Å². The van der Waals surface area contributed by atoms with E-state index in [0.717, 1.165) is 46.3 Å². The number of benzene rings is 1. The number of piperidine rings is 1. The van der Waals surface area contributed by atoms with Gasteiger partial charge in [0.25, 0.3) is 0 Å². The molecule has 0 radical (unpaired) electrons. The molecule has 6 rings (SSSR count). The average Bonchev–Trinajstić information content (AvgIpc) is 3.48. The number of hydrogen-bond donors (Lipinski definition) is 1. The van der Waals surface area contributed by atoms with Crippen LogP contribution < -0.4 is 10.1 Å². The van der Waals surface area contributed by atoms with E-state index in [1.165, 1.54) is 48.7 Å². The maximum Gasteiger partial charge on any atom is 0.192 e. The zero-order valence-corrected chi connectivity index (χ0v) is 20.6. The Morgan fingerprint density at radius 2 is 1.97 bits per heavy atom. The standard InChI is InChI=1S/C25H25F2N7OS/c1-33-8-5-15(6-9-33)12-28-21-11-19-16(13-29-21)22-20(7-10-35-19)36-25(32-22)24-30-14-31-34(24)23-17(26)3-2-4-18(23)27/h2-4,11,13-15H,5-10,12H2,1H3,(H,28,29). The highest BCUT2D eigenvalue weighted by Crippen LogP contribution is 2.40. The fourth-order valence-electron chi connectivity index (χ4n) is 4.67. The van der Waals surface area contributed by atoms with Gasteiger partial charge in [-0.3, -0.25) is 0 Å². The minimum atomic E-state index is -0.719. The number of hydrogen-bond acceptors (Lipinski definition) is 8. The van der Waals surface area contributed by atoms with E-state index in [2.05, 4.69) is 32.3 Å². The van der Waals surface area contributed by atoms with Gasteiger partial charge in [-0.1, -0.05) is 6.07 Å². The van der Waals surface area contributed by atoms with Crippen molar-refractivity contribution in [2.75, 3.05) is 38.6 Å². The fraction of sp³-hybridized carbons (Fsp3) is 0.360. The van der Waals surface area contributed by atoms with Crippen LogP contribution in [0.2, 0.25) is 0 Å². The van der Waals surface area contributed by atoms with Crippen molar-refractivity contribution in [3.8, 4) is 33.5 Å². The third-order valence-electron chi connectivity index (χ3n) is 6.70. The van der Waals surface area contributed by atoms with Crippen molar-refractivity contribution in [1.29, 1.82) is 0 Å². The lowest BCUT2D eigenvalue weighted by Crippen LogP contribution is -2.33. The summed E-state index contributed by atoms with van der Waals surface area (Å²) in [6, 6.07) is 5.63. The summed E-state index contributed by atoms with van der Waals surface area (Å²) in [5, 5.41) is 8.07. The molecule has 0 saturated carbocycles. The third kappa shape index (κ3) is 4.33. The number of aromatic nitrogens is 5. The maximum absolute atomic E-state index is 14.4. The van der Waals surface area contributed by atoms with Crippen molar-refractivity contribution in [3.05, 3.63) is 53.3 Å². The van der Waals surface area contributed by atoms with E-state index in [9.17, 15) is 8.78 Å². The summed E-state index contributed by atoms with van der Waals surface area (Å²) in [4.78, 5) is 17.0. The second-order valence-corrected chi connectivity index (χ2v) is 10.2. The minimum Gasteiger partial charge on any atom is -0.492 e. The van der Waals surface area contributed by atoms with Crippen LogP contribution in [0.1, 0.15) is 17.7 Å². The largest absolute Gasteiger partial charge is 0.492 e. The van der Waals surface area contributed by atoms with Gasteiger partial charge in [-0.25, -0.2) is 28.4 Å². The Kier molecular flexibility index (Phi) is 6.10. The van der Waals surface area contributed by atoms with Crippen LogP contribution in [0.15, 0.2) is 36.8 Å². The molecule has 186 valence electrons. The number of likely N-dealkylation sites (tertiary alicyclic amines) is 1. The highest BCUT2D eigenvalue weighted by molar-refractivity contribution is 7.15. The molecule has 1 aromatic carbocycles. The van der Waals surface area contributed by atoms with Gasteiger partial charge in [-0.15, -0.1) is 11.3 Å². The summed E-state index contributed by atoms with van der Waals surface area (Å²) in [6.45, 7) is 3.63. The molecule has 0 unspecified atom stereocenters. The van der Waals surface area contributed by atoms with Gasteiger partial charge < -0.3 is 15.0 Å². The number of para-hydroxylation sites is 1. The summed E-state index contributed by atoms with van der Waals surface area (Å²) in [5.74, 6) is 0.969. The Hall–Kier alpha value is -3.44. The van der Waals surface area contributed by atoms with Gasteiger partial charge in [0.1, 0.15) is 23.6 Å². The highest BCUT2D eigenvalue weighted by Gasteiger charge is 2.25. The molecule has 1 N–H and O–H groups in total. The summed E-state index contributed by atoms with van der Waals surface area (Å²) < 4.78 is 36.1. The van der Waals surface area contributed by atoms with Gasteiger partial charge in [-0.2, -0.15) is 5.10 Å². The molecule has 3 aromatic heterocycles. The number of nitrogens with one attached hydrogen (secondary N) is 1. The molecule has 0 bridgehead atoms. The topological polar surface area (TPSA) is 81.0 Å². The van der Waals surface area contributed by atoms with Crippen LogP contribution in [0, 0.1) is 17.6 Å². The average molecular weight is 510 g/mol. The fourth-order valence-corrected chi connectivity index (χ4v) is 5.71. The van der Waals surface area contributed by atoms with Crippen LogP contribution in [0.4, 0.5) is 14.6 Å². The molecule has 0 amide bonds. The predicted molar refractivity (Wildman–Crippen MR) is 134 cm³/mol. The number of fused-ring (bicyclic) bond motifs is 3. The van der Waals surface area contributed by atoms with Crippen LogP contribution in [0.3, 0.4) is 0 Å². The second kappa shape index (κ2) is 9.55. The third-order valence-corrected chi connectivity index (χ3v) is 7.81. The summed E-state index contributed by atoms with van der Waals surface area (Å²) in [7, 11) is 2.16. The maximum atomic E-state index is 14.4. The van der Waals surface area contributed by atoms with Crippen molar-refractivity contribution in [1.82, 2.24) is 29.6 Å². The molecule has 2 aliphatic heterocycles. The first-order chi connectivity index (χ1) is 17.6. The summed E-state index contributed by atoms with van der Waals surface area (Å²) >= 11 is 1.42. The van der Waals surface area contributed by atoms with E-state index < -0.39 is 11.6 Å². The molecule has 5 heterocycles. The molecule has 4 aromatic rings. The Morgan fingerprint density at radius 1 is 1.17 bits per heavy atom. The molecule has 0 aliphatic carbocycles. The van der Waals surface area contributed by atoms with Crippen LogP contribution in [-0.2, 0) is 6.42 Å². The molecule has 2 aliphatic rings. The van der Waals surface area contributed by atoms with E-state index in [1.54, 1.807) is 6.20 Å². The van der Waals surface area contributed by atoms with Crippen molar-refractivity contribution >= 4 is 17.2 Å². The SMILES string of the molecule is CN1CCC(CNc2cc3c(cn2)-c2nc(-c4ncnn4-c4c(F)cccc4F)sc2CCO3)CC1. The quantitative estimate of drug-likeness (QED) is 0.427. The zero-order valence-electron chi connectivity index (χ0n) is 19.7.